The summed E-state index contributed by atoms with van der Waals surface area (Å²) in [6.45, 7) is 0. The molecule has 3 N–H and O–H groups in total. The average molecular weight is 234 g/mol. The van der Waals surface area contributed by atoms with Crippen molar-refractivity contribution in [3.05, 3.63) is 35.8 Å². The number of aromatic nitrogens is 4. The molecular formula is C10H14N6O. The fourth-order valence-electron chi connectivity index (χ4n) is 1.69. The molecule has 0 amide bonds. The van der Waals surface area contributed by atoms with Crippen LogP contribution in [0.1, 0.15) is 17.3 Å². The fraction of sp³-hybridized carbons (Fsp3) is 0.300. The molecule has 2 aromatic heterocycles. The van der Waals surface area contributed by atoms with Crippen LogP contribution in [-0.2, 0) is 7.05 Å². The van der Waals surface area contributed by atoms with Crippen molar-refractivity contribution in [1.82, 2.24) is 25.4 Å². The molecule has 1 atom stereocenters. The van der Waals surface area contributed by atoms with E-state index >= 15 is 0 Å². The maximum Gasteiger partial charge on any atom is 0.218 e. The van der Waals surface area contributed by atoms with Crippen LogP contribution in [0.4, 0.5) is 0 Å². The number of nitrogens with one attached hydrogen (secondary N) is 1. The van der Waals surface area contributed by atoms with Crippen molar-refractivity contribution in [1.29, 1.82) is 0 Å². The predicted octanol–water partition coefficient (Wildman–Crippen LogP) is -0.229. The number of ether oxygens (including phenoxy) is 1. The molecule has 0 saturated carbocycles. The van der Waals surface area contributed by atoms with Gasteiger partial charge in [-0.25, -0.2) is 10.4 Å². The second-order valence-electron chi connectivity index (χ2n) is 3.48. The Morgan fingerprint density at radius 1 is 1.53 bits per heavy atom. The number of pyridine rings is 1. The molecule has 7 nitrogen and oxygen atoms in total. The zero-order valence-electron chi connectivity index (χ0n) is 9.66. The molecule has 0 bridgehead atoms. The summed E-state index contributed by atoms with van der Waals surface area (Å²) in [6.07, 6.45) is 3.31. The Morgan fingerprint density at radius 2 is 2.35 bits per heavy atom. The highest BCUT2D eigenvalue weighted by Crippen LogP contribution is 2.26. The lowest BCUT2D eigenvalue weighted by molar-refractivity contribution is 0.386. The summed E-state index contributed by atoms with van der Waals surface area (Å²) in [4.78, 5) is 4.14. The number of rotatable bonds is 4. The fourth-order valence-corrected chi connectivity index (χ4v) is 1.69. The highest BCUT2D eigenvalue weighted by atomic mass is 16.5. The second-order valence-corrected chi connectivity index (χ2v) is 3.48. The average Bonchev–Trinajstić information content (AvgIpc) is 2.78. The molecule has 0 aliphatic carbocycles. The lowest BCUT2D eigenvalue weighted by Crippen LogP contribution is -2.30. The highest BCUT2D eigenvalue weighted by Gasteiger charge is 2.20. The second kappa shape index (κ2) is 4.89. The first-order valence-electron chi connectivity index (χ1n) is 5.07. The van der Waals surface area contributed by atoms with Crippen LogP contribution in [0.2, 0.25) is 0 Å². The van der Waals surface area contributed by atoms with Gasteiger partial charge in [0.15, 0.2) is 0 Å². The molecule has 2 rings (SSSR count). The summed E-state index contributed by atoms with van der Waals surface area (Å²) in [7, 11) is 3.37. The van der Waals surface area contributed by atoms with Gasteiger partial charge >= 0.3 is 0 Å². The Kier molecular flexibility index (Phi) is 3.31. The Bertz CT molecular complexity index is 497. The summed E-state index contributed by atoms with van der Waals surface area (Å²) >= 11 is 0. The lowest BCUT2D eigenvalue weighted by atomic mass is 10.1. The predicted molar refractivity (Wildman–Crippen MR) is 61.0 cm³/mol. The molecule has 2 aromatic rings. The summed E-state index contributed by atoms with van der Waals surface area (Å²) in [5.41, 5.74) is 4.38. The SMILES string of the molecule is COc1ncccc1C(NN)c1cnnn1C. The first kappa shape index (κ1) is 11.5. The van der Waals surface area contributed by atoms with E-state index in [1.54, 1.807) is 31.2 Å². The van der Waals surface area contributed by atoms with Gasteiger partial charge in [0.2, 0.25) is 5.88 Å². The van der Waals surface area contributed by atoms with Crippen molar-refractivity contribution in [3.8, 4) is 5.88 Å². The third kappa shape index (κ3) is 2.10. The Hall–Kier alpha value is -1.99. The van der Waals surface area contributed by atoms with Gasteiger partial charge in [0.05, 0.1) is 25.0 Å². The van der Waals surface area contributed by atoms with Gasteiger partial charge < -0.3 is 4.74 Å². The maximum atomic E-state index is 5.59. The van der Waals surface area contributed by atoms with Crippen LogP contribution in [0.25, 0.3) is 0 Å². The van der Waals surface area contributed by atoms with Crippen LogP contribution in [0.15, 0.2) is 24.5 Å². The smallest absolute Gasteiger partial charge is 0.218 e. The van der Waals surface area contributed by atoms with E-state index in [2.05, 4.69) is 20.7 Å². The first-order chi connectivity index (χ1) is 8.27. The van der Waals surface area contributed by atoms with Crippen molar-refractivity contribution >= 4 is 0 Å². The van der Waals surface area contributed by atoms with Crippen LogP contribution >= 0.6 is 0 Å². The van der Waals surface area contributed by atoms with Crippen LogP contribution in [-0.4, -0.2) is 27.1 Å². The van der Waals surface area contributed by atoms with Crippen molar-refractivity contribution in [2.75, 3.05) is 7.11 Å². The van der Waals surface area contributed by atoms with Gasteiger partial charge in [0.25, 0.3) is 0 Å². The van der Waals surface area contributed by atoms with E-state index in [4.69, 9.17) is 10.6 Å². The Labute approximate surface area is 98.6 Å². The number of hydrogen-bond donors (Lipinski definition) is 2. The zero-order chi connectivity index (χ0) is 12.3. The highest BCUT2D eigenvalue weighted by molar-refractivity contribution is 5.34. The topological polar surface area (TPSA) is 90.9 Å². The van der Waals surface area contributed by atoms with Gasteiger partial charge in [-0.3, -0.25) is 10.5 Å². The maximum absolute atomic E-state index is 5.59. The molecule has 0 fully saturated rings. The van der Waals surface area contributed by atoms with E-state index in [9.17, 15) is 0 Å². The lowest BCUT2D eigenvalue weighted by Gasteiger charge is -2.17. The van der Waals surface area contributed by atoms with Gasteiger partial charge in [-0.1, -0.05) is 11.3 Å². The van der Waals surface area contributed by atoms with Crippen molar-refractivity contribution < 1.29 is 4.74 Å². The van der Waals surface area contributed by atoms with E-state index in [1.165, 1.54) is 0 Å². The van der Waals surface area contributed by atoms with Crippen LogP contribution in [0, 0.1) is 0 Å². The van der Waals surface area contributed by atoms with E-state index in [0.29, 0.717) is 5.88 Å². The quantitative estimate of drug-likeness (QED) is 0.561. The van der Waals surface area contributed by atoms with Crippen LogP contribution in [0.3, 0.4) is 0 Å². The Balaban J connectivity index is 2.46. The zero-order valence-corrected chi connectivity index (χ0v) is 9.66. The number of hydrazine groups is 1. The molecule has 0 aliphatic rings. The molecule has 2 heterocycles. The summed E-state index contributed by atoms with van der Waals surface area (Å²) in [6, 6.07) is 3.45. The number of nitrogens with zero attached hydrogens (tertiary/aromatic N) is 4. The number of nitrogens with two attached hydrogens (primary N) is 1. The Morgan fingerprint density at radius 3 is 2.94 bits per heavy atom. The third-order valence-corrected chi connectivity index (χ3v) is 2.52. The molecule has 1 unspecified atom stereocenters. The molecule has 0 spiro atoms. The number of methoxy groups -OCH3 is 1. The van der Waals surface area contributed by atoms with Gasteiger partial charge in [-0.05, 0) is 6.07 Å². The van der Waals surface area contributed by atoms with Gasteiger partial charge in [0.1, 0.15) is 0 Å². The van der Waals surface area contributed by atoms with Crippen molar-refractivity contribution in [3.63, 3.8) is 0 Å². The molecule has 0 aliphatic heterocycles. The molecular weight excluding hydrogens is 220 g/mol. The first-order valence-corrected chi connectivity index (χ1v) is 5.07. The van der Waals surface area contributed by atoms with Crippen LogP contribution < -0.4 is 16.0 Å². The largest absolute Gasteiger partial charge is 0.481 e. The molecule has 7 heteroatoms. The van der Waals surface area contributed by atoms with Crippen molar-refractivity contribution in [2.45, 2.75) is 6.04 Å². The minimum Gasteiger partial charge on any atom is -0.481 e. The molecule has 0 radical (unpaired) electrons. The summed E-state index contributed by atoms with van der Waals surface area (Å²) in [5, 5.41) is 7.70. The summed E-state index contributed by atoms with van der Waals surface area (Å²) < 4.78 is 6.86. The third-order valence-electron chi connectivity index (χ3n) is 2.52. The van der Waals surface area contributed by atoms with Gasteiger partial charge in [-0.15, -0.1) is 5.10 Å². The van der Waals surface area contributed by atoms with Gasteiger partial charge in [-0.2, -0.15) is 0 Å². The normalized spacial score (nSPS) is 12.4. The molecule has 0 saturated heterocycles. The van der Waals surface area contributed by atoms with Crippen LogP contribution in [0.5, 0.6) is 5.88 Å². The van der Waals surface area contributed by atoms with E-state index in [0.717, 1.165) is 11.3 Å². The minimum atomic E-state index is -0.265. The number of hydrogen-bond acceptors (Lipinski definition) is 6. The summed E-state index contributed by atoms with van der Waals surface area (Å²) in [5.74, 6) is 6.11. The van der Waals surface area contributed by atoms with E-state index < -0.39 is 0 Å². The van der Waals surface area contributed by atoms with E-state index in [1.807, 2.05) is 12.1 Å². The molecule has 17 heavy (non-hydrogen) atoms. The standard InChI is InChI=1S/C10H14N6O/c1-16-8(6-13-15-16)9(14-11)7-4-3-5-12-10(7)17-2/h3-6,9,14H,11H2,1-2H3. The van der Waals surface area contributed by atoms with Crippen molar-refractivity contribution in [2.24, 2.45) is 12.9 Å². The molecule has 90 valence electrons. The van der Waals surface area contributed by atoms with Gasteiger partial charge in [0, 0.05) is 18.8 Å². The monoisotopic (exact) mass is 234 g/mol. The number of aryl methyl sites for hydroxylation is 1. The molecule has 0 aromatic carbocycles. The minimum absolute atomic E-state index is 0.265. The van der Waals surface area contributed by atoms with E-state index in [-0.39, 0.29) is 6.04 Å².